The number of hydrogen-bond acceptors (Lipinski definition) is 3. The summed E-state index contributed by atoms with van der Waals surface area (Å²) in [6, 6.07) is 41.9. The van der Waals surface area contributed by atoms with Gasteiger partial charge >= 0.3 is 0 Å². The average Bonchev–Trinajstić information content (AvgIpc) is 3.50. The Morgan fingerprint density at radius 2 is 1.33 bits per heavy atom. The molecule has 0 spiro atoms. The molecule has 2 aromatic heterocycles. The van der Waals surface area contributed by atoms with Crippen molar-refractivity contribution in [2.24, 2.45) is 0 Å². The van der Waals surface area contributed by atoms with Crippen LogP contribution in [0.1, 0.15) is 25.0 Å². The lowest BCUT2D eigenvalue weighted by atomic mass is 9.82. The molecule has 6 aromatic carbocycles. The van der Waals surface area contributed by atoms with Gasteiger partial charge in [0.25, 0.3) is 0 Å². The Morgan fingerprint density at radius 1 is 0.558 bits per heavy atom. The minimum Gasteiger partial charge on any atom is -0.278 e. The van der Waals surface area contributed by atoms with Crippen LogP contribution in [0.3, 0.4) is 0 Å². The van der Waals surface area contributed by atoms with Crippen molar-refractivity contribution in [2.75, 3.05) is 0 Å². The van der Waals surface area contributed by atoms with E-state index in [4.69, 9.17) is 9.97 Å². The summed E-state index contributed by atoms with van der Waals surface area (Å²) in [4.78, 5) is 13.0. The lowest BCUT2D eigenvalue weighted by Crippen LogP contribution is -2.14. The topological polar surface area (TPSA) is 30.7 Å². The molecule has 202 valence electrons. The molecular weight excluding hydrogens is 543 g/mol. The molecule has 0 bridgehead atoms. The van der Waals surface area contributed by atoms with E-state index in [1.165, 1.54) is 59.2 Å². The fourth-order valence-electron chi connectivity index (χ4n) is 7.68. The van der Waals surface area contributed by atoms with Crippen molar-refractivity contribution >= 4 is 55.2 Å². The Balaban J connectivity index is 1.32. The maximum Gasteiger partial charge on any atom is 0.235 e. The molecular formula is C39H25N3S. The highest BCUT2D eigenvalue weighted by Crippen LogP contribution is 2.52. The predicted octanol–water partition coefficient (Wildman–Crippen LogP) is 10.3. The largest absolute Gasteiger partial charge is 0.278 e. The minimum atomic E-state index is -0.0309. The first-order chi connectivity index (χ1) is 21.1. The molecule has 1 aliphatic carbocycles. The van der Waals surface area contributed by atoms with E-state index in [1.807, 2.05) is 0 Å². The fraction of sp³-hybridized carbons (Fsp3) is 0.0769. The van der Waals surface area contributed by atoms with Crippen LogP contribution in [-0.2, 0) is 5.41 Å². The molecule has 0 fully saturated rings. The predicted molar refractivity (Wildman–Crippen MR) is 179 cm³/mol. The Hall–Kier alpha value is -4.93. The second-order valence-electron chi connectivity index (χ2n) is 12.2. The van der Waals surface area contributed by atoms with E-state index in [0.29, 0.717) is 5.95 Å². The molecule has 10 rings (SSSR count). The summed E-state index contributed by atoms with van der Waals surface area (Å²) < 4.78 is 2.27. The first-order valence-corrected chi connectivity index (χ1v) is 15.6. The summed E-state index contributed by atoms with van der Waals surface area (Å²) in [5.74, 6) is 0.708. The molecule has 0 radical (unpaired) electrons. The van der Waals surface area contributed by atoms with Crippen molar-refractivity contribution in [3.05, 3.63) is 126 Å². The third-order valence-electron chi connectivity index (χ3n) is 9.61. The van der Waals surface area contributed by atoms with Gasteiger partial charge < -0.3 is 0 Å². The second-order valence-corrected chi connectivity index (χ2v) is 13.3. The zero-order valence-corrected chi connectivity index (χ0v) is 24.5. The van der Waals surface area contributed by atoms with Crippen LogP contribution in [0.4, 0.5) is 0 Å². The van der Waals surface area contributed by atoms with Crippen LogP contribution in [-0.4, -0.2) is 14.5 Å². The molecule has 0 N–H and O–H groups in total. The van der Waals surface area contributed by atoms with Gasteiger partial charge in [-0.2, -0.15) is 0 Å². The number of nitrogens with zero attached hydrogens (tertiary/aromatic N) is 3. The van der Waals surface area contributed by atoms with Crippen LogP contribution in [0.5, 0.6) is 0 Å². The highest BCUT2D eigenvalue weighted by Gasteiger charge is 2.36. The maximum absolute atomic E-state index is 5.34. The van der Waals surface area contributed by atoms with Crippen LogP contribution in [0.15, 0.2) is 125 Å². The monoisotopic (exact) mass is 567 g/mol. The zero-order chi connectivity index (χ0) is 28.4. The summed E-state index contributed by atoms with van der Waals surface area (Å²) in [5, 5.41) is 6.18. The molecule has 0 saturated heterocycles. The van der Waals surface area contributed by atoms with E-state index >= 15 is 0 Å². The number of fused-ring (bicyclic) bond motifs is 11. The van der Waals surface area contributed by atoms with Crippen LogP contribution >= 0.6 is 11.8 Å². The Bertz CT molecular complexity index is 2520. The first kappa shape index (κ1) is 23.6. The molecule has 8 aromatic rings. The summed E-state index contributed by atoms with van der Waals surface area (Å²) in [6.45, 7) is 4.69. The van der Waals surface area contributed by atoms with E-state index < -0.39 is 0 Å². The summed E-state index contributed by atoms with van der Waals surface area (Å²) in [7, 11) is 0. The number of benzene rings is 6. The van der Waals surface area contributed by atoms with Crippen molar-refractivity contribution < 1.29 is 0 Å². The maximum atomic E-state index is 5.34. The van der Waals surface area contributed by atoms with Gasteiger partial charge in [0.05, 0.1) is 22.2 Å². The van der Waals surface area contributed by atoms with Crippen molar-refractivity contribution in [1.29, 1.82) is 0 Å². The van der Waals surface area contributed by atoms with Crippen LogP contribution < -0.4 is 0 Å². The molecule has 3 nitrogen and oxygen atoms in total. The van der Waals surface area contributed by atoms with Gasteiger partial charge in [0.2, 0.25) is 5.95 Å². The van der Waals surface area contributed by atoms with E-state index in [9.17, 15) is 0 Å². The minimum absolute atomic E-state index is 0.0309. The molecule has 1 aliphatic heterocycles. The molecule has 2 aliphatic rings. The smallest absolute Gasteiger partial charge is 0.235 e. The van der Waals surface area contributed by atoms with E-state index in [0.717, 1.165) is 27.6 Å². The van der Waals surface area contributed by atoms with Crippen LogP contribution in [0, 0.1) is 0 Å². The van der Waals surface area contributed by atoms with Crippen LogP contribution in [0.2, 0.25) is 0 Å². The number of rotatable bonds is 1. The Morgan fingerprint density at radius 3 is 2.26 bits per heavy atom. The van der Waals surface area contributed by atoms with Crippen molar-refractivity contribution in [3.63, 3.8) is 0 Å². The molecule has 3 heterocycles. The third kappa shape index (κ3) is 2.96. The van der Waals surface area contributed by atoms with Gasteiger partial charge in [-0.05, 0) is 63.4 Å². The second kappa shape index (κ2) is 8.12. The van der Waals surface area contributed by atoms with Gasteiger partial charge in [0.15, 0.2) is 0 Å². The number of para-hydroxylation sites is 1. The highest BCUT2D eigenvalue weighted by atomic mass is 32.2. The lowest BCUT2D eigenvalue weighted by Gasteiger charge is -2.21. The Kier molecular flexibility index (Phi) is 4.46. The summed E-state index contributed by atoms with van der Waals surface area (Å²) >= 11 is 1.80. The quantitative estimate of drug-likeness (QED) is 0.198. The zero-order valence-electron chi connectivity index (χ0n) is 23.7. The van der Waals surface area contributed by atoms with Crippen molar-refractivity contribution in [1.82, 2.24) is 14.5 Å². The molecule has 4 heteroatoms. The lowest BCUT2D eigenvalue weighted by molar-refractivity contribution is 0.661. The van der Waals surface area contributed by atoms with Crippen molar-refractivity contribution in [3.8, 4) is 28.3 Å². The van der Waals surface area contributed by atoms with Gasteiger partial charge in [-0.25, -0.2) is 9.97 Å². The van der Waals surface area contributed by atoms with Gasteiger partial charge in [0.1, 0.15) is 0 Å². The van der Waals surface area contributed by atoms with Gasteiger partial charge in [-0.3, -0.25) is 4.57 Å². The average molecular weight is 568 g/mol. The van der Waals surface area contributed by atoms with E-state index in [2.05, 4.69) is 134 Å². The van der Waals surface area contributed by atoms with Gasteiger partial charge in [0, 0.05) is 36.9 Å². The SMILES string of the molecule is CC1(C)c2ccccc2-c2c1ccc1c2ccc2c1c1ccccc1n2-c1nc2c3c(cccc3n1)Sc1ccccc1-2. The summed E-state index contributed by atoms with van der Waals surface area (Å²) in [6.07, 6.45) is 0. The van der Waals surface area contributed by atoms with Gasteiger partial charge in [-0.15, -0.1) is 0 Å². The normalized spacial score (nSPS) is 14.4. The Labute approximate surface area is 252 Å². The van der Waals surface area contributed by atoms with E-state index in [-0.39, 0.29) is 5.41 Å². The highest BCUT2D eigenvalue weighted by molar-refractivity contribution is 7.99. The number of hydrogen-bond donors (Lipinski definition) is 0. The van der Waals surface area contributed by atoms with Crippen molar-refractivity contribution in [2.45, 2.75) is 29.1 Å². The molecule has 0 unspecified atom stereocenters. The third-order valence-corrected chi connectivity index (χ3v) is 10.7. The fourth-order valence-corrected chi connectivity index (χ4v) is 8.79. The first-order valence-electron chi connectivity index (χ1n) is 14.8. The van der Waals surface area contributed by atoms with Crippen LogP contribution in [0.25, 0.3) is 71.8 Å². The molecule has 43 heavy (non-hydrogen) atoms. The molecule has 0 amide bonds. The number of aromatic nitrogens is 3. The van der Waals surface area contributed by atoms with E-state index in [1.54, 1.807) is 11.8 Å². The summed E-state index contributed by atoms with van der Waals surface area (Å²) in [5.41, 5.74) is 10.9. The standard InChI is InChI=1S/C39H25N3S/c1-39(2)27-13-6-3-10-24(27)34-22-19-21-31-35(23(22)18-20-28(34)39)25-11-4-7-15-30(25)42(31)38-40-29-14-9-17-33-36(29)37(41-38)26-12-5-8-16-32(26)43-33/h3-21H,1-2H3. The molecule has 0 atom stereocenters. The van der Waals surface area contributed by atoms with Gasteiger partial charge in [-0.1, -0.05) is 111 Å². The molecule has 0 saturated carbocycles.